The monoisotopic (exact) mass is 346 g/mol. The number of nitrogens with zero attached hydrogens (tertiary/aromatic N) is 2. The van der Waals surface area contributed by atoms with E-state index in [9.17, 15) is 9.90 Å². The van der Waals surface area contributed by atoms with Crippen LogP contribution in [-0.2, 0) is 6.54 Å². The van der Waals surface area contributed by atoms with E-state index < -0.39 is 6.10 Å². The Morgan fingerprint density at radius 2 is 2.09 bits per heavy atom. The van der Waals surface area contributed by atoms with Gasteiger partial charge in [-0.05, 0) is 42.8 Å². The van der Waals surface area contributed by atoms with E-state index in [1.54, 1.807) is 41.7 Å². The maximum atomic E-state index is 12.0. The molecule has 3 rings (SSSR count). The topological polar surface area (TPSA) is 55.1 Å². The van der Waals surface area contributed by atoms with E-state index in [1.165, 1.54) is 15.6 Å². The first kappa shape index (κ1) is 15.9. The van der Waals surface area contributed by atoms with Crippen molar-refractivity contribution < 1.29 is 5.11 Å². The fraction of sp³-hybridized carbons (Fsp3) is 0.176. The van der Waals surface area contributed by atoms with Gasteiger partial charge in [-0.1, -0.05) is 23.7 Å². The number of rotatable bonds is 4. The summed E-state index contributed by atoms with van der Waals surface area (Å²) in [7, 11) is 0. The molecule has 1 atom stereocenters. The van der Waals surface area contributed by atoms with E-state index in [4.69, 9.17) is 11.6 Å². The van der Waals surface area contributed by atoms with E-state index in [2.05, 4.69) is 5.10 Å². The number of halogens is 1. The number of aliphatic hydroxyl groups excluding tert-OH is 1. The van der Waals surface area contributed by atoms with Gasteiger partial charge in [0.15, 0.2) is 0 Å². The van der Waals surface area contributed by atoms with Gasteiger partial charge in [0, 0.05) is 16.0 Å². The SMILES string of the molecule is Cc1ccc(-c2ccc(=O)n(CC(O)c3cccc(Cl)c3)n2)s1. The van der Waals surface area contributed by atoms with Gasteiger partial charge in [-0.15, -0.1) is 11.3 Å². The Hall–Kier alpha value is -1.95. The summed E-state index contributed by atoms with van der Waals surface area (Å²) < 4.78 is 1.29. The molecule has 4 nitrogen and oxygen atoms in total. The normalized spacial score (nSPS) is 12.3. The van der Waals surface area contributed by atoms with Crippen LogP contribution >= 0.6 is 22.9 Å². The minimum Gasteiger partial charge on any atom is -0.386 e. The van der Waals surface area contributed by atoms with Crippen LogP contribution in [0.15, 0.2) is 53.3 Å². The first-order valence-electron chi connectivity index (χ1n) is 7.11. The molecule has 2 heterocycles. The van der Waals surface area contributed by atoms with Gasteiger partial charge in [0.1, 0.15) is 5.69 Å². The van der Waals surface area contributed by atoms with Gasteiger partial charge in [-0.3, -0.25) is 4.79 Å². The maximum absolute atomic E-state index is 12.0. The van der Waals surface area contributed by atoms with Crippen molar-refractivity contribution in [3.8, 4) is 10.6 Å². The van der Waals surface area contributed by atoms with Crippen molar-refractivity contribution in [3.63, 3.8) is 0 Å². The first-order chi connectivity index (χ1) is 11.0. The Kier molecular flexibility index (Phi) is 4.61. The maximum Gasteiger partial charge on any atom is 0.266 e. The zero-order chi connectivity index (χ0) is 16.4. The molecule has 23 heavy (non-hydrogen) atoms. The average Bonchev–Trinajstić information content (AvgIpc) is 2.96. The summed E-state index contributed by atoms with van der Waals surface area (Å²) in [6, 6.07) is 14.1. The van der Waals surface area contributed by atoms with Crippen LogP contribution in [0, 0.1) is 6.92 Å². The Bertz CT molecular complexity index is 888. The molecule has 6 heteroatoms. The molecule has 1 aromatic carbocycles. The van der Waals surface area contributed by atoms with Crippen LogP contribution in [0.2, 0.25) is 5.02 Å². The molecule has 0 amide bonds. The van der Waals surface area contributed by atoms with E-state index in [0.717, 1.165) is 10.6 Å². The zero-order valence-electron chi connectivity index (χ0n) is 12.4. The number of hydrogen-bond acceptors (Lipinski definition) is 4. The summed E-state index contributed by atoms with van der Waals surface area (Å²) in [5.41, 5.74) is 1.13. The molecule has 0 saturated carbocycles. The highest BCUT2D eigenvalue weighted by Gasteiger charge is 2.12. The van der Waals surface area contributed by atoms with Crippen molar-refractivity contribution >= 4 is 22.9 Å². The first-order valence-corrected chi connectivity index (χ1v) is 8.31. The van der Waals surface area contributed by atoms with Crippen molar-refractivity contribution in [2.75, 3.05) is 0 Å². The highest BCUT2D eigenvalue weighted by molar-refractivity contribution is 7.15. The predicted molar refractivity (Wildman–Crippen MR) is 93.0 cm³/mol. The molecule has 0 bridgehead atoms. The van der Waals surface area contributed by atoms with Crippen LogP contribution in [0.5, 0.6) is 0 Å². The van der Waals surface area contributed by atoms with Gasteiger partial charge in [0.25, 0.3) is 5.56 Å². The van der Waals surface area contributed by atoms with Crippen LogP contribution in [0.3, 0.4) is 0 Å². The molecule has 1 N–H and O–H groups in total. The van der Waals surface area contributed by atoms with Gasteiger partial charge >= 0.3 is 0 Å². The lowest BCUT2D eigenvalue weighted by atomic mass is 10.1. The smallest absolute Gasteiger partial charge is 0.266 e. The Balaban J connectivity index is 1.89. The van der Waals surface area contributed by atoms with Crippen molar-refractivity contribution in [3.05, 3.63) is 74.3 Å². The molecule has 0 fully saturated rings. The second-order valence-corrected chi connectivity index (χ2v) is 6.94. The van der Waals surface area contributed by atoms with E-state index >= 15 is 0 Å². The number of thiophene rings is 1. The minimum absolute atomic E-state index is 0.0807. The summed E-state index contributed by atoms with van der Waals surface area (Å²) >= 11 is 7.55. The summed E-state index contributed by atoms with van der Waals surface area (Å²) in [5.74, 6) is 0. The van der Waals surface area contributed by atoms with Crippen LogP contribution in [-0.4, -0.2) is 14.9 Å². The number of aliphatic hydroxyl groups is 1. The van der Waals surface area contributed by atoms with Crippen molar-refractivity contribution in [1.82, 2.24) is 9.78 Å². The molecule has 0 radical (unpaired) electrons. The number of aryl methyl sites for hydroxylation is 1. The minimum atomic E-state index is -0.848. The highest BCUT2D eigenvalue weighted by Crippen LogP contribution is 2.25. The predicted octanol–water partition coefficient (Wildman–Crippen LogP) is 3.67. The molecule has 0 aliphatic rings. The molecule has 2 aromatic heterocycles. The standard InChI is InChI=1S/C17H15ClN2O2S/c1-11-5-7-16(23-11)14-6-8-17(22)20(19-14)10-15(21)12-3-2-4-13(18)9-12/h2-9,15,21H,10H2,1H3. The summed E-state index contributed by atoms with van der Waals surface area (Å²) in [6.45, 7) is 2.10. The van der Waals surface area contributed by atoms with Crippen LogP contribution in [0.25, 0.3) is 10.6 Å². The molecule has 118 valence electrons. The Morgan fingerprint density at radius 3 is 2.78 bits per heavy atom. The third-order valence-corrected chi connectivity index (χ3v) is 4.70. The van der Waals surface area contributed by atoms with Crippen molar-refractivity contribution in [1.29, 1.82) is 0 Å². The van der Waals surface area contributed by atoms with E-state index in [-0.39, 0.29) is 12.1 Å². The summed E-state index contributed by atoms with van der Waals surface area (Å²) in [5, 5.41) is 15.2. The third kappa shape index (κ3) is 3.69. The second kappa shape index (κ2) is 6.66. The van der Waals surface area contributed by atoms with Gasteiger partial charge in [0.2, 0.25) is 0 Å². The lowest BCUT2D eigenvalue weighted by Crippen LogP contribution is -2.25. The molecule has 0 aliphatic heterocycles. The van der Waals surface area contributed by atoms with Gasteiger partial charge < -0.3 is 5.11 Å². The van der Waals surface area contributed by atoms with E-state index in [0.29, 0.717) is 10.6 Å². The fourth-order valence-electron chi connectivity index (χ4n) is 2.27. The second-order valence-electron chi connectivity index (χ2n) is 5.22. The van der Waals surface area contributed by atoms with Crippen molar-refractivity contribution in [2.45, 2.75) is 19.6 Å². The molecule has 0 spiro atoms. The number of benzene rings is 1. The molecule has 3 aromatic rings. The lowest BCUT2D eigenvalue weighted by Gasteiger charge is -2.13. The molecule has 0 aliphatic carbocycles. The number of aromatic nitrogens is 2. The quantitative estimate of drug-likeness (QED) is 0.784. The molecular formula is C17H15ClN2O2S. The number of hydrogen-bond donors (Lipinski definition) is 1. The third-order valence-electron chi connectivity index (χ3n) is 3.44. The van der Waals surface area contributed by atoms with Crippen molar-refractivity contribution in [2.24, 2.45) is 0 Å². The van der Waals surface area contributed by atoms with Crippen LogP contribution in [0.4, 0.5) is 0 Å². The van der Waals surface area contributed by atoms with Crippen LogP contribution < -0.4 is 5.56 Å². The molecular weight excluding hydrogens is 332 g/mol. The highest BCUT2D eigenvalue weighted by atomic mass is 35.5. The fourth-order valence-corrected chi connectivity index (χ4v) is 3.30. The summed E-state index contributed by atoms with van der Waals surface area (Å²) in [6.07, 6.45) is -0.848. The molecule has 1 unspecified atom stereocenters. The van der Waals surface area contributed by atoms with E-state index in [1.807, 2.05) is 19.1 Å². The molecule has 0 saturated heterocycles. The average molecular weight is 347 g/mol. The summed E-state index contributed by atoms with van der Waals surface area (Å²) in [4.78, 5) is 14.2. The van der Waals surface area contributed by atoms with Crippen LogP contribution in [0.1, 0.15) is 16.5 Å². The van der Waals surface area contributed by atoms with Gasteiger partial charge in [-0.25, -0.2) is 4.68 Å². The Labute approximate surface area is 142 Å². The zero-order valence-corrected chi connectivity index (χ0v) is 14.0. The van der Waals surface area contributed by atoms with Gasteiger partial charge in [-0.2, -0.15) is 5.10 Å². The lowest BCUT2D eigenvalue weighted by molar-refractivity contribution is 0.149. The Morgan fingerprint density at radius 1 is 1.26 bits per heavy atom. The largest absolute Gasteiger partial charge is 0.386 e. The van der Waals surface area contributed by atoms with Gasteiger partial charge in [0.05, 0.1) is 17.5 Å².